The molecule has 1 aliphatic heterocycles. The molecular formula is C9H19NO. The molecule has 11 heavy (non-hydrogen) atoms. The molecule has 2 heteroatoms. The zero-order valence-electron chi connectivity index (χ0n) is 8.00. The normalized spacial score (nSPS) is 33.5. The summed E-state index contributed by atoms with van der Waals surface area (Å²) in [5, 5.41) is 0. The van der Waals surface area contributed by atoms with Gasteiger partial charge in [-0.1, -0.05) is 0 Å². The first-order chi connectivity index (χ1) is 5.15. The molecule has 1 rings (SSSR count). The molecule has 1 unspecified atom stereocenters. The Morgan fingerprint density at radius 3 is 2.36 bits per heavy atom. The standard InChI is InChI=1S/C9H19NO/c1-7(2)10-6-9(11-4)5-8(10)3/h7-9H,5-6H2,1-4H3/t8?,9-/m0/s1. The van der Waals surface area contributed by atoms with Crippen LogP contribution in [0.4, 0.5) is 0 Å². The van der Waals surface area contributed by atoms with Crippen molar-refractivity contribution in [2.24, 2.45) is 0 Å². The summed E-state index contributed by atoms with van der Waals surface area (Å²) in [4.78, 5) is 2.49. The lowest BCUT2D eigenvalue weighted by molar-refractivity contribution is 0.103. The maximum Gasteiger partial charge on any atom is 0.0713 e. The summed E-state index contributed by atoms with van der Waals surface area (Å²) in [6.07, 6.45) is 1.65. The van der Waals surface area contributed by atoms with Crippen LogP contribution < -0.4 is 0 Å². The van der Waals surface area contributed by atoms with Crippen LogP contribution in [0.15, 0.2) is 0 Å². The van der Waals surface area contributed by atoms with Crippen LogP contribution in [0.1, 0.15) is 27.2 Å². The molecule has 0 aromatic rings. The van der Waals surface area contributed by atoms with Gasteiger partial charge in [0.25, 0.3) is 0 Å². The van der Waals surface area contributed by atoms with Gasteiger partial charge in [-0.15, -0.1) is 0 Å². The van der Waals surface area contributed by atoms with Crippen LogP contribution in [0.25, 0.3) is 0 Å². The molecule has 0 aliphatic carbocycles. The van der Waals surface area contributed by atoms with E-state index in [0.717, 1.165) is 6.54 Å². The number of methoxy groups -OCH3 is 1. The van der Waals surface area contributed by atoms with Gasteiger partial charge in [0, 0.05) is 25.7 Å². The summed E-state index contributed by atoms with van der Waals surface area (Å²) >= 11 is 0. The summed E-state index contributed by atoms with van der Waals surface area (Å²) in [5.41, 5.74) is 0. The van der Waals surface area contributed by atoms with E-state index in [2.05, 4.69) is 25.7 Å². The molecule has 0 amide bonds. The van der Waals surface area contributed by atoms with Crippen LogP contribution in [-0.4, -0.2) is 36.7 Å². The molecule has 1 saturated heterocycles. The van der Waals surface area contributed by atoms with Gasteiger partial charge in [-0.2, -0.15) is 0 Å². The van der Waals surface area contributed by atoms with E-state index in [-0.39, 0.29) is 0 Å². The fraction of sp³-hybridized carbons (Fsp3) is 1.00. The third-order valence-corrected chi connectivity index (χ3v) is 2.58. The van der Waals surface area contributed by atoms with Crippen molar-refractivity contribution in [2.75, 3.05) is 13.7 Å². The number of ether oxygens (including phenoxy) is 1. The van der Waals surface area contributed by atoms with Crippen molar-refractivity contribution in [2.45, 2.75) is 45.4 Å². The highest BCUT2D eigenvalue weighted by molar-refractivity contribution is 4.84. The molecular weight excluding hydrogens is 138 g/mol. The van der Waals surface area contributed by atoms with Crippen molar-refractivity contribution >= 4 is 0 Å². The summed E-state index contributed by atoms with van der Waals surface area (Å²) in [7, 11) is 1.81. The monoisotopic (exact) mass is 157 g/mol. The predicted molar refractivity (Wildman–Crippen MR) is 46.7 cm³/mol. The highest BCUT2D eigenvalue weighted by Crippen LogP contribution is 2.21. The predicted octanol–water partition coefficient (Wildman–Crippen LogP) is 1.50. The minimum atomic E-state index is 0.465. The Hall–Kier alpha value is -0.0800. The Morgan fingerprint density at radius 1 is 1.45 bits per heavy atom. The van der Waals surface area contributed by atoms with E-state index >= 15 is 0 Å². The van der Waals surface area contributed by atoms with Gasteiger partial charge in [0.1, 0.15) is 0 Å². The van der Waals surface area contributed by atoms with Crippen molar-refractivity contribution < 1.29 is 4.74 Å². The first-order valence-corrected chi connectivity index (χ1v) is 4.43. The summed E-state index contributed by atoms with van der Waals surface area (Å²) in [6.45, 7) is 7.87. The second-order valence-corrected chi connectivity index (χ2v) is 3.73. The quantitative estimate of drug-likeness (QED) is 0.602. The molecule has 1 heterocycles. The number of rotatable bonds is 2. The first kappa shape index (κ1) is 9.01. The van der Waals surface area contributed by atoms with Crippen LogP contribution in [-0.2, 0) is 4.74 Å². The Balaban J connectivity index is 2.45. The van der Waals surface area contributed by atoms with E-state index < -0.39 is 0 Å². The molecule has 0 saturated carbocycles. The fourth-order valence-corrected chi connectivity index (χ4v) is 1.90. The molecule has 1 fully saturated rings. The van der Waals surface area contributed by atoms with Gasteiger partial charge in [-0.25, -0.2) is 0 Å². The highest BCUT2D eigenvalue weighted by Gasteiger charge is 2.30. The molecule has 2 nitrogen and oxygen atoms in total. The third-order valence-electron chi connectivity index (χ3n) is 2.58. The maximum absolute atomic E-state index is 5.32. The molecule has 0 spiro atoms. The van der Waals surface area contributed by atoms with E-state index in [1.165, 1.54) is 6.42 Å². The van der Waals surface area contributed by atoms with Gasteiger partial charge in [-0.05, 0) is 27.2 Å². The van der Waals surface area contributed by atoms with Crippen LogP contribution >= 0.6 is 0 Å². The number of hydrogen-bond acceptors (Lipinski definition) is 2. The zero-order valence-corrected chi connectivity index (χ0v) is 8.00. The molecule has 0 N–H and O–H groups in total. The van der Waals surface area contributed by atoms with E-state index in [0.29, 0.717) is 18.2 Å². The molecule has 0 aromatic heterocycles. The lowest BCUT2D eigenvalue weighted by atomic mass is 10.2. The average molecular weight is 157 g/mol. The van der Waals surface area contributed by atoms with Gasteiger partial charge in [0.05, 0.1) is 6.10 Å². The average Bonchev–Trinajstić information content (AvgIpc) is 2.30. The maximum atomic E-state index is 5.32. The zero-order chi connectivity index (χ0) is 8.43. The Bertz CT molecular complexity index is 125. The minimum absolute atomic E-state index is 0.465. The van der Waals surface area contributed by atoms with Crippen LogP contribution in [0, 0.1) is 0 Å². The third kappa shape index (κ3) is 1.94. The number of likely N-dealkylation sites (tertiary alicyclic amines) is 1. The van der Waals surface area contributed by atoms with Crippen molar-refractivity contribution in [1.29, 1.82) is 0 Å². The second-order valence-electron chi connectivity index (χ2n) is 3.73. The SMILES string of the molecule is CO[C@H]1CC(C)N(C(C)C)C1. The first-order valence-electron chi connectivity index (χ1n) is 4.43. The molecule has 0 bridgehead atoms. The molecule has 0 aromatic carbocycles. The van der Waals surface area contributed by atoms with Crippen molar-refractivity contribution in [3.05, 3.63) is 0 Å². The summed E-state index contributed by atoms with van der Waals surface area (Å²) in [6, 6.07) is 1.35. The molecule has 1 aliphatic rings. The highest BCUT2D eigenvalue weighted by atomic mass is 16.5. The second kappa shape index (κ2) is 3.55. The van der Waals surface area contributed by atoms with Gasteiger partial charge in [-0.3, -0.25) is 4.90 Å². The lowest BCUT2D eigenvalue weighted by Crippen LogP contribution is -2.34. The van der Waals surface area contributed by atoms with Gasteiger partial charge < -0.3 is 4.74 Å². The van der Waals surface area contributed by atoms with Crippen molar-refractivity contribution in [3.63, 3.8) is 0 Å². The fourth-order valence-electron chi connectivity index (χ4n) is 1.90. The Morgan fingerprint density at radius 2 is 2.09 bits per heavy atom. The number of hydrogen-bond donors (Lipinski definition) is 0. The molecule has 2 atom stereocenters. The van der Waals surface area contributed by atoms with Crippen LogP contribution in [0.5, 0.6) is 0 Å². The van der Waals surface area contributed by atoms with Gasteiger partial charge in [0.15, 0.2) is 0 Å². The van der Waals surface area contributed by atoms with E-state index in [9.17, 15) is 0 Å². The van der Waals surface area contributed by atoms with Crippen molar-refractivity contribution in [3.8, 4) is 0 Å². The largest absolute Gasteiger partial charge is 0.380 e. The summed E-state index contributed by atoms with van der Waals surface area (Å²) in [5.74, 6) is 0. The van der Waals surface area contributed by atoms with Crippen molar-refractivity contribution in [1.82, 2.24) is 4.90 Å². The minimum Gasteiger partial charge on any atom is -0.380 e. The van der Waals surface area contributed by atoms with Gasteiger partial charge >= 0.3 is 0 Å². The topological polar surface area (TPSA) is 12.5 Å². The molecule has 66 valence electrons. The summed E-state index contributed by atoms with van der Waals surface area (Å²) < 4.78 is 5.32. The smallest absolute Gasteiger partial charge is 0.0713 e. The number of nitrogens with zero attached hydrogens (tertiary/aromatic N) is 1. The Labute approximate surface area is 69.5 Å². The van der Waals surface area contributed by atoms with Gasteiger partial charge in [0.2, 0.25) is 0 Å². The van der Waals surface area contributed by atoms with E-state index in [1.54, 1.807) is 7.11 Å². The Kier molecular flexibility index (Phi) is 2.90. The van der Waals surface area contributed by atoms with E-state index in [1.807, 2.05) is 0 Å². The lowest BCUT2D eigenvalue weighted by Gasteiger charge is -2.24. The molecule has 0 radical (unpaired) electrons. The van der Waals surface area contributed by atoms with Crippen LogP contribution in [0.2, 0.25) is 0 Å². The van der Waals surface area contributed by atoms with E-state index in [4.69, 9.17) is 4.74 Å². The van der Waals surface area contributed by atoms with Crippen LogP contribution in [0.3, 0.4) is 0 Å².